The summed E-state index contributed by atoms with van der Waals surface area (Å²) in [5.41, 5.74) is 2.18. The van der Waals surface area contributed by atoms with Crippen LogP contribution in [-0.4, -0.2) is 52.3 Å². The summed E-state index contributed by atoms with van der Waals surface area (Å²) in [4.78, 5) is 30.6. The molecule has 0 unspecified atom stereocenters. The monoisotopic (exact) mass is 332 g/mol. The lowest BCUT2D eigenvalue weighted by Crippen LogP contribution is -2.50. The van der Waals surface area contributed by atoms with Gasteiger partial charge in [0.25, 0.3) is 0 Å². The van der Waals surface area contributed by atoms with Gasteiger partial charge in [-0.15, -0.1) is 0 Å². The maximum absolute atomic E-state index is 12.1. The number of fused-ring (bicyclic) bond motifs is 1. The molecule has 1 aliphatic heterocycles. The van der Waals surface area contributed by atoms with Crippen molar-refractivity contribution < 1.29 is 9.53 Å². The summed E-state index contributed by atoms with van der Waals surface area (Å²) in [5.74, 6) is 0. The first-order valence-corrected chi connectivity index (χ1v) is 8.16. The van der Waals surface area contributed by atoms with Crippen LogP contribution < -0.4 is 10.6 Å². The molecule has 1 aliphatic rings. The molecule has 24 heavy (non-hydrogen) atoms. The fourth-order valence-corrected chi connectivity index (χ4v) is 2.88. The van der Waals surface area contributed by atoms with Crippen molar-refractivity contribution in [3.8, 4) is 0 Å². The molecule has 2 heterocycles. The van der Waals surface area contributed by atoms with Crippen LogP contribution in [0.4, 0.5) is 10.5 Å². The number of hydrogen-bond acceptors (Lipinski definition) is 4. The minimum atomic E-state index is -0.474. The first kappa shape index (κ1) is 16.4. The third-order valence-electron chi connectivity index (χ3n) is 4.19. The normalized spacial score (nSPS) is 15.8. The van der Waals surface area contributed by atoms with Crippen molar-refractivity contribution >= 4 is 22.8 Å². The number of aromatic amines is 1. The molecule has 1 fully saturated rings. The van der Waals surface area contributed by atoms with E-state index in [0.717, 1.165) is 29.8 Å². The highest BCUT2D eigenvalue weighted by Gasteiger charge is 2.26. The molecule has 0 spiro atoms. The Morgan fingerprint density at radius 3 is 2.46 bits per heavy atom. The minimum Gasteiger partial charge on any atom is -0.444 e. The third kappa shape index (κ3) is 3.25. The van der Waals surface area contributed by atoms with Gasteiger partial charge in [-0.3, -0.25) is 4.57 Å². The van der Waals surface area contributed by atoms with Crippen LogP contribution in [0.1, 0.15) is 20.8 Å². The van der Waals surface area contributed by atoms with Gasteiger partial charge in [-0.1, -0.05) is 0 Å². The SMILES string of the molecule is Cn1c(=O)[nH]c2ccc(N3CCN(C(=O)OC(C)(C)C)CC3)cc21. The van der Waals surface area contributed by atoms with Gasteiger partial charge in [0.15, 0.2) is 0 Å². The minimum absolute atomic E-state index is 0.114. The average Bonchev–Trinajstić information content (AvgIpc) is 2.80. The number of aromatic nitrogens is 2. The number of H-pyrrole nitrogens is 1. The van der Waals surface area contributed by atoms with Crippen molar-refractivity contribution in [2.75, 3.05) is 31.1 Å². The molecule has 0 saturated carbocycles. The highest BCUT2D eigenvalue weighted by Crippen LogP contribution is 2.22. The van der Waals surface area contributed by atoms with Gasteiger partial charge in [0.05, 0.1) is 11.0 Å². The van der Waals surface area contributed by atoms with Gasteiger partial charge in [0.2, 0.25) is 0 Å². The standard InChI is InChI=1S/C17H24N4O3/c1-17(2,3)24-16(23)21-9-7-20(8-10-21)12-5-6-13-14(11-12)19(4)15(22)18-13/h5-6,11H,7-10H2,1-4H3,(H,18,22). The topological polar surface area (TPSA) is 70.6 Å². The lowest BCUT2D eigenvalue weighted by atomic mass is 10.2. The van der Waals surface area contributed by atoms with E-state index in [1.165, 1.54) is 0 Å². The van der Waals surface area contributed by atoms with Gasteiger partial charge in [-0.25, -0.2) is 9.59 Å². The summed E-state index contributed by atoms with van der Waals surface area (Å²) in [7, 11) is 1.76. The highest BCUT2D eigenvalue weighted by atomic mass is 16.6. The van der Waals surface area contributed by atoms with Gasteiger partial charge < -0.3 is 19.5 Å². The van der Waals surface area contributed by atoms with E-state index in [2.05, 4.69) is 9.88 Å². The van der Waals surface area contributed by atoms with E-state index in [4.69, 9.17) is 4.74 Å². The molecule has 2 aromatic rings. The number of aryl methyl sites for hydroxylation is 1. The number of benzene rings is 1. The van der Waals surface area contributed by atoms with Crippen LogP contribution in [0.2, 0.25) is 0 Å². The van der Waals surface area contributed by atoms with Crippen LogP contribution in [0.5, 0.6) is 0 Å². The van der Waals surface area contributed by atoms with Gasteiger partial charge in [-0.05, 0) is 39.0 Å². The second-order valence-electron chi connectivity index (χ2n) is 7.15. The molecule has 0 atom stereocenters. The number of ether oxygens (including phenoxy) is 1. The molecule has 3 rings (SSSR count). The fraction of sp³-hybridized carbons (Fsp3) is 0.529. The molecular formula is C17H24N4O3. The number of nitrogens with one attached hydrogen (secondary N) is 1. The first-order chi connectivity index (χ1) is 11.2. The van der Waals surface area contributed by atoms with Crippen LogP contribution >= 0.6 is 0 Å². The van der Waals surface area contributed by atoms with Crippen molar-refractivity contribution in [3.63, 3.8) is 0 Å². The van der Waals surface area contributed by atoms with Gasteiger partial charge in [-0.2, -0.15) is 0 Å². The lowest BCUT2D eigenvalue weighted by molar-refractivity contribution is 0.0240. The number of nitrogens with zero attached hydrogens (tertiary/aromatic N) is 3. The predicted octanol–water partition coefficient (Wildman–Crippen LogP) is 1.92. The summed E-state index contributed by atoms with van der Waals surface area (Å²) >= 11 is 0. The number of piperazine rings is 1. The smallest absolute Gasteiger partial charge is 0.410 e. The Balaban J connectivity index is 1.69. The number of carbonyl (C=O) groups is 1. The number of hydrogen-bond donors (Lipinski definition) is 1. The summed E-state index contributed by atoms with van der Waals surface area (Å²) in [5, 5.41) is 0. The maximum Gasteiger partial charge on any atom is 0.410 e. The van der Waals surface area contributed by atoms with Crippen molar-refractivity contribution in [2.24, 2.45) is 7.05 Å². The first-order valence-electron chi connectivity index (χ1n) is 8.16. The van der Waals surface area contributed by atoms with E-state index >= 15 is 0 Å². The van der Waals surface area contributed by atoms with E-state index in [9.17, 15) is 9.59 Å². The van der Waals surface area contributed by atoms with E-state index in [-0.39, 0.29) is 11.8 Å². The summed E-state index contributed by atoms with van der Waals surface area (Å²) in [6.45, 7) is 8.34. The van der Waals surface area contributed by atoms with E-state index in [1.807, 2.05) is 39.0 Å². The predicted molar refractivity (Wildman–Crippen MR) is 93.6 cm³/mol. The molecule has 1 N–H and O–H groups in total. The molecule has 0 bridgehead atoms. The molecule has 0 aliphatic carbocycles. The molecule has 0 radical (unpaired) electrons. The van der Waals surface area contributed by atoms with Crippen molar-refractivity contribution in [2.45, 2.75) is 26.4 Å². The van der Waals surface area contributed by atoms with Crippen LogP contribution in [0.25, 0.3) is 11.0 Å². The number of amides is 1. The zero-order chi connectivity index (χ0) is 17.5. The summed E-state index contributed by atoms with van der Waals surface area (Å²) in [6.07, 6.45) is -0.259. The molecule has 1 aromatic carbocycles. The van der Waals surface area contributed by atoms with Crippen molar-refractivity contribution in [1.29, 1.82) is 0 Å². The van der Waals surface area contributed by atoms with Gasteiger partial charge in [0.1, 0.15) is 5.60 Å². The third-order valence-corrected chi connectivity index (χ3v) is 4.19. The number of carbonyl (C=O) groups excluding carboxylic acids is 1. The Labute approximate surface area is 140 Å². The van der Waals surface area contributed by atoms with E-state index in [0.29, 0.717) is 13.1 Å². The zero-order valence-electron chi connectivity index (χ0n) is 14.6. The zero-order valence-corrected chi connectivity index (χ0v) is 14.6. The van der Waals surface area contributed by atoms with Crippen LogP contribution in [0, 0.1) is 0 Å². The molecule has 130 valence electrons. The van der Waals surface area contributed by atoms with Crippen LogP contribution in [-0.2, 0) is 11.8 Å². The second-order valence-corrected chi connectivity index (χ2v) is 7.15. The molecular weight excluding hydrogens is 308 g/mol. The highest BCUT2D eigenvalue weighted by molar-refractivity contribution is 5.80. The Morgan fingerprint density at radius 2 is 1.83 bits per heavy atom. The van der Waals surface area contributed by atoms with Gasteiger partial charge >= 0.3 is 11.8 Å². The Hall–Kier alpha value is -2.44. The average molecular weight is 332 g/mol. The number of anilines is 1. The van der Waals surface area contributed by atoms with Crippen molar-refractivity contribution in [1.82, 2.24) is 14.5 Å². The fourth-order valence-electron chi connectivity index (χ4n) is 2.88. The second kappa shape index (κ2) is 5.89. The summed E-state index contributed by atoms with van der Waals surface area (Å²) in [6, 6.07) is 5.93. The van der Waals surface area contributed by atoms with E-state index in [1.54, 1.807) is 16.5 Å². The molecule has 1 aromatic heterocycles. The van der Waals surface area contributed by atoms with Crippen LogP contribution in [0.15, 0.2) is 23.0 Å². The van der Waals surface area contributed by atoms with Crippen LogP contribution in [0.3, 0.4) is 0 Å². The largest absolute Gasteiger partial charge is 0.444 e. The Morgan fingerprint density at radius 1 is 1.17 bits per heavy atom. The number of imidazole rings is 1. The molecule has 1 amide bonds. The molecule has 7 heteroatoms. The number of rotatable bonds is 1. The molecule has 1 saturated heterocycles. The van der Waals surface area contributed by atoms with Gasteiger partial charge in [0, 0.05) is 38.9 Å². The van der Waals surface area contributed by atoms with Crippen molar-refractivity contribution in [3.05, 3.63) is 28.7 Å². The quantitative estimate of drug-likeness (QED) is 0.866. The maximum atomic E-state index is 12.1. The Kier molecular flexibility index (Phi) is 4.03. The molecule has 7 nitrogen and oxygen atoms in total. The van der Waals surface area contributed by atoms with E-state index < -0.39 is 5.60 Å². The lowest BCUT2D eigenvalue weighted by Gasteiger charge is -2.36. The summed E-state index contributed by atoms with van der Waals surface area (Å²) < 4.78 is 7.03. The Bertz CT molecular complexity index is 807.